The van der Waals surface area contributed by atoms with Crippen LogP contribution in [0.5, 0.6) is 0 Å². The van der Waals surface area contributed by atoms with Gasteiger partial charge in [0.1, 0.15) is 0 Å². The average molecular weight is 277 g/mol. The Morgan fingerprint density at radius 1 is 1.16 bits per heavy atom. The van der Waals surface area contributed by atoms with Crippen LogP contribution in [0.2, 0.25) is 0 Å². The van der Waals surface area contributed by atoms with Gasteiger partial charge in [-0.3, -0.25) is 0 Å². The van der Waals surface area contributed by atoms with Gasteiger partial charge in [0, 0.05) is 6.42 Å². The zero-order chi connectivity index (χ0) is 13.9. The number of halogens is 3. The second-order valence-electron chi connectivity index (χ2n) is 5.20. The first-order chi connectivity index (χ1) is 8.89. The van der Waals surface area contributed by atoms with Crippen LogP contribution in [0.15, 0.2) is 4.52 Å². The first-order valence-corrected chi connectivity index (χ1v) is 6.58. The molecule has 0 amide bonds. The highest BCUT2D eigenvalue weighted by atomic mass is 19.4. The summed E-state index contributed by atoms with van der Waals surface area (Å²) in [6, 6.07) is 0. The van der Waals surface area contributed by atoms with E-state index >= 15 is 0 Å². The Kier molecular flexibility index (Phi) is 4.13. The highest BCUT2D eigenvalue weighted by Gasteiger charge is 2.34. The average Bonchev–Trinajstić information content (AvgIpc) is 2.70. The molecule has 4 nitrogen and oxygen atoms in total. The first kappa shape index (κ1) is 14.3. The van der Waals surface area contributed by atoms with Crippen molar-refractivity contribution >= 4 is 0 Å². The largest absolute Gasteiger partial charge is 0.389 e. The summed E-state index contributed by atoms with van der Waals surface area (Å²) in [5.74, 6) is 0.368. The predicted molar refractivity (Wildman–Crippen MR) is 62.2 cm³/mol. The fourth-order valence-electron chi connectivity index (χ4n) is 2.39. The van der Waals surface area contributed by atoms with Crippen molar-refractivity contribution in [2.24, 2.45) is 5.73 Å². The summed E-state index contributed by atoms with van der Waals surface area (Å²) in [7, 11) is 0. The summed E-state index contributed by atoms with van der Waals surface area (Å²) in [6.45, 7) is 0. The Balaban J connectivity index is 2.03. The second kappa shape index (κ2) is 5.48. The number of hydrogen-bond acceptors (Lipinski definition) is 4. The van der Waals surface area contributed by atoms with E-state index in [1.54, 1.807) is 0 Å². The minimum absolute atomic E-state index is 0.0152. The quantitative estimate of drug-likeness (QED) is 0.862. The molecule has 0 bridgehead atoms. The molecule has 0 atom stereocenters. The van der Waals surface area contributed by atoms with Crippen molar-refractivity contribution in [3.8, 4) is 0 Å². The molecular weight excluding hydrogens is 259 g/mol. The minimum atomic E-state index is -4.21. The molecule has 1 aliphatic carbocycles. The van der Waals surface area contributed by atoms with Crippen molar-refractivity contribution in [1.29, 1.82) is 0 Å². The van der Waals surface area contributed by atoms with Crippen molar-refractivity contribution in [1.82, 2.24) is 10.1 Å². The van der Waals surface area contributed by atoms with Crippen LogP contribution in [0.4, 0.5) is 13.2 Å². The molecule has 0 unspecified atom stereocenters. The van der Waals surface area contributed by atoms with Gasteiger partial charge in [-0.05, 0) is 12.8 Å². The van der Waals surface area contributed by atoms with Crippen molar-refractivity contribution in [3.63, 3.8) is 0 Å². The van der Waals surface area contributed by atoms with Crippen LogP contribution in [0.1, 0.15) is 56.7 Å². The summed E-state index contributed by atoms with van der Waals surface area (Å²) in [4.78, 5) is 4.05. The number of nitrogens with zero attached hydrogens (tertiary/aromatic N) is 2. The van der Waals surface area contributed by atoms with E-state index in [0.29, 0.717) is 5.82 Å². The second-order valence-corrected chi connectivity index (χ2v) is 5.20. The zero-order valence-corrected chi connectivity index (χ0v) is 10.7. The van der Waals surface area contributed by atoms with E-state index in [9.17, 15) is 13.2 Å². The third-order valence-electron chi connectivity index (χ3n) is 3.53. The lowest BCUT2D eigenvalue weighted by atomic mass is 9.91. The smallest absolute Gasteiger partial charge is 0.339 e. The topological polar surface area (TPSA) is 64.9 Å². The van der Waals surface area contributed by atoms with Crippen LogP contribution >= 0.6 is 0 Å². The number of aromatic nitrogens is 2. The molecule has 0 saturated heterocycles. The Morgan fingerprint density at radius 3 is 2.37 bits per heavy atom. The Hall–Kier alpha value is -1.11. The summed E-state index contributed by atoms with van der Waals surface area (Å²) in [5.41, 5.74) is 5.63. The highest BCUT2D eigenvalue weighted by Crippen LogP contribution is 2.32. The van der Waals surface area contributed by atoms with Gasteiger partial charge in [0.05, 0.1) is 12.0 Å². The van der Waals surface area contributed by atoms with Gasteiger partial charge in [-0.2, -0.15) is 18.2 Å². The molecule has 2 N–H and O–H groups in total. The van der Waals surface area contributed by atoms with E-state index in [0.717, 1.165) is 38.5 Å². The zero-order valence-electron chi connectivity index (χ0n) is 10.7. The maximum absolute atomic E-state index is 12.1. The molecule has 1 saturated carbocycles. The van der Waals surface area contributed by atoms with Crippen LogP contribution in [-0.4, -0.2) is 16.3 Å². The Labute approximate surface area is 109 Å². The monoisotopic (exact) mass is 277 g/mol. The van der Waals surface area contributed by atoms with Crippen molar-refractivity contribution in [3.05, 3.63) is 11.7 Å². The number of aryl methyl sites for hydroxylation is 1. The summed E-state index contributed by atoms with van der Waals surface area (Å²) in [6.07, 6.45) is 0.286. The molecule has 1 fully saturated rings. The molecule has 0 spiro atoms. The third kappa shape index (κ3) is 3.92. The van der Waals surface area contributed by atoms with Gasteiger partial charge in [-0.25, -0.2) is 0 Å². The van der Waals surface area contributed by atoms with E-state index in [1.165, 1.54) is 0 Å². The van der Waals surface area contributed by atoms with Crippen LogP contribution in [0, 0.1) is 0 Å². The molecule has 7 heteroatoms. The normalized spacial score (nSPS) is 20.2. The molecule has 1 aromatic rings. The first-order valence-electron chi connectivity index (χ1n) is 6.58. The van der Waals surface area contributed by atoms with Gasteiger partial charge in [0.15, 0.2) is 5.82 Å². The van der Waals surface area contributed by atoms with E-state index in [2.05, 4.69) is 10.1 Å². The molecular formula is C12H18F3N3O. The molecule has 1 aromatic heterocycles. The summed E-state index contributed by atoms with van der Waals surface area (Å²) < 4.78 is 41.2. The number of nitrogens with two attached hydrogens (primary N) is 1. The molecule has 19 heavy (non-hydrogen) atoms. The van der Waals surface area contributed by atoms with Gasteiger partial charge >= 0.3 is 6.18 Å². The molecule has 108 valence electrons. The van der Waals surface area contributed by atoms with Gasteiger partial charge < -0.3 is 10.3 Å². The molecule has 2 rings (SSSR count). The van der Waals surface area contributed by atoms with E-state index < -0.39 is 18.1 Å². The van der Waals surface area contributed by atoms with Crippen LogP contribution in [0.3, 0.4) is 0 Å². The Morgan fingerprint density at radius 2 is 1.79 bits per heavy atom. The maximum Gasteiger partial charge on any atom is 0.389 e. The van der Waals surface area contributed by atoms with Gasteiger partial charge in [-0.1, -0.05) is 30.8 Å². The van der Waals surface area contributed by atoms with Crippen molar-refractivity contribution < 1.29 is 17.7 Å². The van der Waals surface area contributed by atoms with Gasteiger partial charge in [0.2, 0.25) is 5.89 Å². The summed E-state index contributed by atoms with van der Waals surface area (Å²) >= 11 is 0. The third-order valence-corrected chi connectivity index (χ3v) is 3.53. The summed E-state index contributed by atoms with van der Waals surface area (Å²) in [5, 5.41) is 3.78. The fraction of sp³-hybridized carbons (Fsp3) is 0.833. The van der Waals surface area contributed by atoms with E-state index in [4.69, 9.17) is 10.3 Å². The standard InChI is InChI=1S/C12H18F3N3O/c13-12(14,15)8-5-9-17-10(18-19-9)11(16)6-3-1-2-4-7-11/h1-8,16H2. The molecule has 0 aromatic carbocycles. The van der Waals surface area contributed by atoms with E-state index in [-0.39, 0.29) is 12.3 Å². The van der Waals surface area contributed by atoms with Crippen LogP contribution in [-0.2, 0) is 12.0 Å². The molecule has 0 radical (unpaired) electrons. The van der Waals surface area contributed by atoms with Gasteiger partial charge in [0.25, 0.3) is 0 Å². The SMILES string of the molecule is NC1(c2noc(CCC(F)(F)F)n2)CCCCCC1. The molecule has 0 aliphatic heterocycles. The highest BCUT2D eigenvalue weighted by molar-refractivity contribution is 5.04. The molecule has 1 aliphatic rings. The number of hydrogen-bond donors (Lipinski definition) is 1. The maximum atomic E-state index is 12.1. The number of alkyl halides is 3. The predicted octanol–water partition coefficient (Wildman–Crippen LogP) is 3.07. The van der Waals surface area contributed by atoms with Crippen LogP contribution in [0.25, 0.3) is 0 Å². The van der Waals surface area contributed by atoms with Gasteiger partial charge in [-0.15, -0.1) is 0 Å². The minimum Gasteiger partial charge on any atom is -0.339 e. The lowest BCUT2D eigenvalue weighted by Crippen LogP contribution is -2.37. The van der Waals surface area contributed by atoms with Crippen LogP contribution < -0.4 is 5.73 Å². The Bertz CT molecular complexity index is 409. The van der Waals surface area contributed by atoms with Crippen molar-refractivity contribution in [2.45, 2.75) is 63.1 Å². The number of rotatable bonds is 3. The lowest BCUT2D eigenvalue weighted by Gasteiger charge is -2.23. The fourth-order valence-corrected chi connectivity index (χ4v) is 2.39. The molecule has 1 heterocycles. The van der Waals surface area contributed by atoms with E-state index in [1.807, 2.05) is 0 Å². The van der Waals surface area contributed by atoms with Crippen molar-refractivity contribution in [2.75, 3.05) is 0 Å². The lowest BCUT2D eigenvalue weighted by molar-refractivity contribution is -0.134.